The van der Waals surface area contributed by atoms with Gasteiger partial charge in [0.05, 0.1) is 5.69 Å². The molecule has 1 atom stereocenters. The Morgan fingerprint density at radius 1 is 1.16 bits per heavy atom. The maximum atomic E-state index is 13.4. The Kier molecular flexibility index (Phi) is 7.12. The van der Waals surface area contributed by atoms with Gasteiger partial charge in [-0.3, -0.25) is 14.6 Å². The first-order chi connectivity index (χ1) is 14.7. The summed E-state index contributed by atoms with van der Waals surface area (Å²) in [5.41, 5.74) is 2.50. The van der Waals surface area contributed by atoms with E-state index in [9.17, 15) is 9.59 Å². The zero-order valence-electron chi connectivity index (χ0n) is 18.2. The third-order valence-corrected chi connectivity index (χ3v) is 5.09. The molecule has 2 aromatic heterocycles. The average Bonchev–Trinajstić information content (AvgIpc) is 3.25. The van der Waals surface area contributed by atoms with Crippen LogP contribution < -0.4 is 5.32 Å². The molecule has 0 fully saturated rings. The van der Waals surface area contributed by atoms with Gasteiger partial charge in [0.1, 0.15) is 0 Å². The van der Waals surface area contributed by atoms with Crippen molar-refractivity contribution in [3.05, 3.63) is 76.6 Å². The maximum absolute atomic E-state index is 13.4. The Morgan fingerprint density at radius 3 is 2.58 bits per heavy atom. The first-order valence-corrected chi connectivity index (χ1v) is 10.9. The molecule has 2 amide bonds. The summed E-state index contributed by atoms with van der Waals surface area (Å²) < 4.78 is 3.82. The molecular weight excluding hydrogens is 410 g/mol. The zero-order valence-corrected chi connectivity index (χ0v) is 19.0. The van der Waals surface area contributed by atoms with Crippen molar-refractivity contribution in [2.45, 2.75) is 45.7 Å². The minimum absolute atomic E-state index is 0.221. The lowest BCUT2D eigenvalue weighted by molar-refractivity contribution is -0.127. The Hall–Kier alpha value is -3.13. The third-order valence-electron chi connectivity index (χ3n) is 4.59. The van der Waals surface area contributed by atoms with Gasteiger partial charge in [0, 0.05) is 23.7 Å². The number of rotatable bonds is 7. The number of carbonyl (C=O) groups is 2. The molecule has 31 heavy (non-hydrogen) atoms. The van der Waals surface area contributed by atoms with Crippen molar-refractivity contribution in [3.63, 3.8) is 0 Å². The van der Waals surface area contributed by atoms with Crippen molar-refractivity contribution in [2.75, 3.05) is 6.54 Å². The van der Waals surface area contributed by atoms with Crippen molar-refractivity contribution in [1.82, 2.24) is 24.8 Å². The lowest BCUT2D eigenvalue weighted by Gasteiger charge is -2.32. The van der Waals surface area contributed by atoms with Gasteiger partial charge in [-0.1, -0.05) is 40.4 Å². The summed E-state index contributed by atoms with van der Waals surface area (Å²) >= 11 is 1.10. The molecular formula is C23H27N5O2S. The number of carbonyl (C=O) groups excluding carboxylic acids is 2. The standard InChI is InChI=1S/C23H27N5O2S/c1-16-8-7-9-17(14-16)11-13-28(22(30)19-15-31-27-26-19)20(18-10-5-6-12-24-18)21(29)25-23(2,3)4/h5-10,12,14-15,20H,11,13H2,1-4H3,(H,25,29)/t20-/m1/s1. The van der Waals surface area contributed by atoms with Gasteiger partial charge in [0.25, 0.3) is 5.91 Å². The number of nitrogens with one attached hydrogen (secondary N) is 1. The van der Waals surface area contributed by atoms with E-state index in [0.717, 1.165) is 22.7 Å². The van der Waals surface area contributed by atoms with Crippen molar-refractivity contribution in [3.8, 4) is 0 Å². The summed E-state index contributed by atoms with van der Waals surface area (Å²) in [6, 6.07) is 12.6. The highest BCUT2D eigenvalue weighted by Gasteiger charge is 2.35. The highest BCUT2D eigenvalue weighted by atomic mass is 32.1. The zero-order chi connectivity index (χ0) is 22.4. The summed E-state index contributed by atoms with van der Waals surface area (Å²) in [4.78, 5) is 32.7. The molecule has 0 aliphatic heterocycles. The Morgan fingerprint density at radius 2 is 1.97 bits per heavy atom. The van der Waals surface area contributed by atoms with E-state index in [1.54, 1.807) is 28.6 Å². The molecule has 7 nitrogen and oxygen atoms in total. The largest absolute Gasteiger partial charge is 0.349 e. The highest BCUT2D eigenvalue weighted by Crippen LogP contribution is 2.23. The van der Waals surface area contributed by atoms with Crippen LogP contribution in [0.2, 0.25) is 0 Å². The van der Waals surface area contributed by atoms with Crippen LogP contribution in [0, 0.1) is 6.92 Å². The fourth-order valence-electron chi connectivity index (χ4n) is 3.28. The van der Waals surface area contributed by atoms with Crippen molar-refractivity contribution < 1.29 is 9.59 Å². The fraction of sp³-hybridized carbons (Fsp3) is 0.348. The molecule has 0 saturated heterocycles. The Balaban J connectivity index is 1.99. The molecule has 8 heteroatoms. The first-order valence-electron chi connectivity index (χ1n) is 10.1. The van der Waals surface area contributed by atoms with E-state index in [-0.39, 0.29) is 17.5 Å². The van der Waals surface area contributed by atoms with Gasteiger partial charge in [-0.15, -0.1) is 5.10 Å². The van der Waals surface area contributed by atoms with Crippen molar-refractivity contribution in [2.24, 2.45) is 0 Å². The molecule has 3 aromatic rings. The maximum Gasteiger partial charge on any atom is 0.276 e. The van der Waals surface area contributed by atoms with Crippen LogP contribution >= 0.6 is 11.5 Å². The third kappa shape index (κ3) is 6.18. The highest BCUT2D eigenvalue weighted by molar-refractivity contribution is 7.03. The molecule has 0 saturated carbocycles. The molecule has 1 aromatic carbocycles. The number of pyridine rings is 1. The van der Waals surface area contributed by atoms with E-state index in [2.05, 4.69) is 26.0 Å². The van der Waals surface area contributed by atoms with E-state index in [0.29, 0.717) is 18.7 Å². The number of aromatic nitrogens is 3. The molecule has 3 rings (SSSR count). The molecule has 0 aliphatic rings. The van der Waals surface area contributed by atoms with Gasteiger partial charge in [-0.2, -0.15) is 0 Å². The smallest absolute Gasteiger partial charge is 0.276 e. The summed E-state index contributed by atoms with van der Waals surface area (Å²) in [5, 5.41) is 8.54. The summed E-state index contributed by atoms with van der Waals surface area (Å²) in [7, 11) is 0. The number of benzene rings is 1. The lowest BCUT2D eigenvalue weighted by Crippen LogP contribution is -2.50. The summed E-state index contributed by atoms with van der Waals surface area (Å²) in [6.07, 6.45) is 2.22. The molecule has 2 heterocycles. The molecule has 0 bridgehead atoms. The van der Waals surface area contributed by atoms with Gasteiger partial charge >= 0.3 is 0 Å². The topological polar surface area (TPSA) is 88.1 Å². The van der Waals surface area contributed by atoms with E-state index in [1.165, 1.54) is 0 Å². The quantitative estimate of drug-likeness (QED) is 0.610. The second-order valence-electron chi connectivity index (χ2n) is 8.42. The molecule has 0 unspecified atom stereocenters. The normalized spacial score (nSPS) is 12.3. The molecule has 162 valence electrons. The van der Waals surface area contributed by atoms with E-state index < -0.39 is 11.6 Å². The lowest BCUT2D eigenvalue weighted by atomic mass is 10.0. The second kappa shape index (κ2) is 9.78. The minimum atomic E-state index is -0.889. The van der Waals surface area contributed by atoms with Crippen LogP contribution in [0.4, 0.5) is 0 Å². The predicted molar refractivity (Wildman–Crippen MR) is 121 cm³/mol. The SMILES string of the molecule is Cc1cccc(CCN(C(=O)c2csnn2)[C@@H](C(=O)NC(C)(C)C)c2ccccn2)c1. The molecule has 1 N–H and O–H groups in total. The van der Waals surface area contributed by atoms with Crippen LogP contribution in [0.1, 0.15) is 54.1 Å². The van der Waals surface area contributed by atoms with Crippen LogP contribution in [0.3, 0.4) is 0 Å². The van der Waals surface area contributed by atoms with Crippen LogP contribution in [-0.4, -0.2) is 43.4 Å². The van der Waals surface area contributed by atoms with Gasteiger partial charge < -0.3 is 10.2 Å². The Bertz CT molecular complexity index is 1020. The number of aryl methyl sites for hydroxylation is 1. The minimum Gasteiger partial charge on any atom is -0.349 e. The molecule has 0 radical (unpaired) electrons. The number of nitrogens with zero attached hydrogens (tertiary/aromatic N) is 4. The van der Waals surface area contributed by atoms with Crippen molar-refractivity contribution in [1.29, 1.82) is 0 Å². The second-order valence-corrected chi connectivity index (χ2v) is 9.03. The van der Waals surface area contributed by atoms with Gasteiger partial charge in [-0.05, 0) is 63.3 Å². The van der Waals surface area contributed by atoms with Gasteiger partial charge in [0.2, 0.25) is 5.91 Å². The fourth-order valence-corrected chi connectivity index (χ4v) is 3.71. The number of hydrogen-bond acceptors (Lipinski definition) is 6. The first kappa shape index (κ1) is 22.6. The van der Waals surface area contributed by atoms with Crippen LogP contribution in [0.15, 0.2) is 54.0 Å². The van der Waals surface area contributed by atoms with Gasteiger partial charge in [-0.25, -0.2) is 0 Å². The number of amides is 2. The van der Waals surface area contributed by atoms with Crippen LogP contribution in [-0.2, 0) is 11.2 Å². The molecule has 0 spiro atoms. The average molecular weight is 438 g/mol. The van der Waals surface area contributed by atoms with Crippen LogP contribution in [0.25, 0.3) is 0 Å². The molecule has 0 aliphatic carbocycles. The van der Waals surface area contributed by atoms with Crippen molar-refractivity contribution >= 4 is 23.3 Å². The number of hydrogen-bond donors (Lipinski definition) is 1. The summed E-state index contributed by atoms with van der Waals surface area (Å²) in [5.74, 6) is -0.631. The van der Waals surface area contributed by atoms with Crippen LogP contribution in [0.5, 0.6) is 0 Å². The van der Waals surface area contributed by atoms with E-state index in [1.807, 2.05) is 52.0 Å². The van der Waals surface area contributed by atoms with E-state index in [4.69, 9.17) is 0 Å². The summed E-state index contributed by atoms with van der Waals surface area (Å²) in [6.45, 7) is 8.08. The predicted octanol–water partition coefficient (Wildman–Crippen LogP) is 3.58. The Labute approximate surface area is 186 Å². The van der Waals surface area contributed by atoms with E-state index >= 15 is 0 Å². The van der Waals surface area contributed by atoms with Gasteiger partial charge in [0.15, 0.2) is 11.7 Å². The monoisotopic (exact) mass is 437 g/mol.